The molecule has 3 atom stereocenters. The molecule has 1 aromatic heterocycles. The number of rotatable bonds is 5. The predicted molar refractivity (Wildman–Crippen MR) is 94.5 cm³/mol. The number of benzene rings is 1. The minimum Gasteiger partial charge on any atom is -0.411 e. The van der Waals surface area contributed by atoms with E-state index >= 15 is 0 Å². The molecule has 0 aliphatic heterocycles. The Kier molecular flexibility index (Phi) is 5.73. The van der Waals surface area contributed by atoms with Gasteiger partial charge in [-0.05, 0) is 30.4 Å². The molecule has 1 fully saturated rings. The highest BCUT2D eigenvalue weighted by molar-refractivity contribution is 7.99. The Morgan fingerprint density at radius 1 is 1.32 bits per heavy atom. The zero-order chi connectivity index (χ0) is 17.8. The Labute approximate surface area is 150 Å². The van der Waals surface area contributed by atoms with Gasteiger partial charge in [0.1, 0.15) is 5.82 Å². The maximum atomic E-state index is 13.7. The molecule has 0 unspecified atom stereocenters. The quantitative estimate of drug-likeness (QED) is 0.816. The molecule has 5 nitrogen and oxygen atoms in total. The lowest BCUT2D eigenvalue weighted by molar-refractivity contribution is -0.120. The first-order valence-electron chi connectivity index (χ1n) is 8.55. The minimum absolute atomic E-state index is 0.0402. The fourth-order valence-corrected chi connectivity index (χ4v) is 3.75. The lowest BCUT2D eigenvalue weighted by Gasteiger charge is -2.34. The van der Waals surface area contributed by atoms with Crippen LogP contribution in [-0.4, -0.2) is 27.9 Å². The van der Waals surface area contributed by atoms with Crippen LogP contribution in [0, 0.1) is 17.7 Å². The van der Waals surface area contributed by atoms with Crippen molar-refractivity contribution >= 4 is 17.7 Å². The van der Waals surface area contributed by atoms with Crippen LogP contribution in [0.15, 0.2) is 33.9 Å². The summed E-state index contributed by atoms with van der Waals surface area (Å²) >= 11 is 1.17. The summed E-state index contributed by atoms with van der Waals surface area (Å²) in [6, 6.07) is 6.45. The van der Waals surface area contributed by atoms with E-state index < -0.39 is 5.82 Å². The Hall–Kier alpha value is -1.89. The van der Waals surface area contributed by atoms with Gasteiger partial charge < -0.3 is 9.73 Å². The number of halogens is 1. The molecule has 1 saturated carbocycles. The topological polar surface area (TPSA) is 68.0 Å². The first-order chi connectivity index (χ1) is 12.0. The molecule has 134 valence electrons. The smallest absolute Gasteiger partial charge is 0.277 e. The third-order valence-electron chi connectivity index (χ3n) is 4.89. The minimum atomic E-state index is -0.416. The summed E-state index contributed by atoms with van der Waals surface area (Å²) < 4.78 is 19.2. The van der Waals surface area contributed by atoms with Crippen molar-refractivity contribution in [3.8, 4) is 11.5 Å². The first kappa shape index (κ1) is 17.9. The van der Waals surface area contributed by atoms with E-state index in [1.807, 2.05) is 0 Å². The molecule has 7 heteroatoms. The Morgan fingerprint density at radius 2 is 2.12 bits per heavy atom. The van der Waals surface area contributed by atoms with Crippen LogP contribution in [0.1, 0.15) is 33.1 Å². The lowest BCUT2D eigenvalue weighted by Crippen LogP contribution is -2.44. The monoisotopic (exact) mass is 363 g/mol. The van der Waals surface area contributed by atoms with Crippen LogP contribution in [0.25, 0.3) is 11.5 Å². The number of hydrogen-bond acceptors (Lipinski definition) is 5. The normalized spacial score (nSPS) is 23.4. The summed E-state index contributed by atoms with van der Waals surface area (Å²) in [6.45, 7) is 4.43. The van der Waals surface area contributed by atoms with E-state index in [-0.39, 0.29) is 34.4 Å². The van der Waals surface area contributed by atoms with Crippen molar-refractivity contribution in [3.05, 3.63) is 30.1 Å². The molecular formula is C18H22FN3O2S. The number of nitrogens with zero attached hydrogens (tertiary/aromatic N) is 2. The molecule has 1 amide bonds. The number of nitrogens with one attached hydrogen (secondary N) is 1. The summed E-state index contributed by atoms with van der Waals surface area (Å²) in [7, 11) is 0. The summed E-state index contributed by atoms with van der Waals surface area (Å²) in [6.07, 6.45) is 3.41. The number of carbonyl (C=O) groups excluding carboxylic acids is 1. The second-order valence-electron chi connectivity index (χ2n) is 6.58. The van der Waals surface area contributed by atoms with E-state index in [0.29, 0.717) is 11.8 Å². The Bertz CT molecular complexity index is 737. The van der Waals surface area contributed by atoms with Gasteiger partial charge in [0.05, 0.1) is 11.3 Å². The third kappa shape index (κ3) is 4.39. The van der Waals surface area contributed by atoms with E-state index in [2.05, 4.69) is 29.4 Å². The molecule has 0 bridgehead atoms. The molecular weight excluding hydrogens is 341 g/mol. The van der Waals surface area contributed by atoms with Gasteiger partial charge in [-0.2, -0.15) is 0 Å². The fraction of sp³-hybridized carbons (Fsp3) is 0.500. The third-order valence-corrected chi connectivity index (χ3v) is 5.71. The van der Waals surface area contributed by atoms with Crippen molar-refractivity contribution < 1.29 is 13.6 Å². The van der Waals surface area contributed by atoms with E-state index in [9.17, 15) is 9.18 Å². The van der Waals surface area contributed by atoms with Crippen LogP contribution in [0.2, 0.25) is 0 Å². The van der Waals surface area contributed by atoms with Crippen LogP contribution >= 0.6 is 11.8 Å². The highest BCUT2D eigenvalue weighted by Crippen LogP contribution is 2.30. The Balaban J connectivity index is 1.54. The van der Waals surface area contributed by atoms with Crippen molar-refractivity contribution in [3.63, 3.8) is 0 Å². The molecule has 2 aromatic rings. The summed E-state index contributed by atoms with van der Waals surface area (Å²) in [5.41, 5.74) is 0.260. The van der Waals surface area contributed by atoms with E-state index in [1.54, 1.807) is 18.2 Å². The van der Waals surface area contributed by atoms with E-state index in [4.69, 9.17) is 4.42 Å². The van der Waals surface area contributed by atoms with Gasteiger partial charge >= 0.3 is 0 Å². The van der Waals surface area contributed by atoms with Crippen LogP contribution in [-0.2, 0) is 4.79 Å². The van der Waals surface area contributed by atoms with E-state index in [1.165, 1.54) is 24.2 Å². The highest BCUT2D eigenvalue weighted by Gasteiger charge is 2.28. The van der Waals surface area contributed by atoms with Crippen LogP contribution < -0.4 is 5.32 Å². The molecule has 1 heterocycles. The second kappa shape index (κ2) is 7.99. The number of amides is 1. The Morgan fingerprint density at radius 3 is 2.92 bits per heavy atom. The van der Waals surface area contributed by atoms with Crippen LogP contribution in [0.3, 0.4) is 0 Å². The van der Waals surface area contributed by atoms with Crippen LogP contribution in [0.4, 0.5) is 4.39 Å². The number of thioether (sulfide) groups is 1. The number of hydrogen-bond donors (Lipinski definition) is 1. The average Bonchev–Trinajstić information content (AvgIpc) is 3.06. The standard InChI is InChI=1S/C18H22FN3O2S/c1-11-6-5-9-15(12(11)2)20-16(23)10-25-18-22-21-17(24-18)13-7-3-4-8-14(13)19/h3-4,7-8,11-12,15H,5-6,9-10H2,1-2H3,(H,20,23)/t11-,12+,15-/m0/s1. The SMILES string of the molecule is C[C@H]1[C@@H](NC(=O)CSc2nnc(-c3ccccc3F)o2)CCC[C@@H]1C. The molecule has 25 heavy (non-hydrogen) atoms. The molecule has 0 radical (unpaired) electrons. The molecule has 1 N–H and O–H groups in total. The average molecular weight is 363 g/mol. The molecule has 3 rings (SSSR count). The summed E-state index contributed by atoms with van der Waals surface area (Å²) in [4.78, 5) is 12.2. The van der Waals surface area contributed by atoms with Crippen molar-refractivity contribution in [2.75, 3.05) is 5.75 Å². The zero-order valence-electron chi connectivity index (χ0n) is 14.4. The zero-order valence-corrected chi connectivity index (χ0v) is 15.2. The highest BCUT2D eigenvalue weighted by atomic mass is 32.2. The van der Waals surface area contributed by atoms with Gasteiger partial charge in [0, 0.05) is 6.04 Å². The first-order valence-corrected chi connectivity index (χ1v) is 9.53. The van der Waals surface area contributed by atoms with Crippen molar-refractivity contribution in [2.24, 2.45) is 11.8 Å². The largest absolute Gasteiger partial charge is 0.411 e. The van der Waals surface area contributed by atoms with Crippen molar-refractivity contribution in [1.29, 1.82) is 0 Å². The lowest BCUT2D eigenvalue weighted by atomic mass is 9.78. The molecule has 1 aliphatic carbocycles. The molecule has 0 spiro atoms. The number of aromatic nitrogens is 2. The maximum Gasteiger partial charge on any atom is 0.277 e. The summed E-state index contributed by atoms with van der Waals surface area (Å²) in [5, 5.41) is 11.1. The molecule has 1 aromatic carbocycles. The van der Waals surface area contributed by atoms with Gasteiger partial charge in [-0.3, -0.25) is 4.79 Å². The summed E-state index contributed by atoms with van der Waals surface area (Å²) in [5.74, 6) is 0.985. The van der Waals surface area contributed by atoms with Gasteiger partial charge in [-0.1, -0.05) is 50.6 Å². The van der Waals surface area contributed by atoms with Gasteiger partial charge in [0.2, 0.25) is 5.91 Å². The van der Waals surface area contributed by atoms with Crippen molar-refractivity contribution in [1.82, 2.24) is 15.5 Å². The van der Waals surface area contributed by atoms with Gasteiger partial charge in [0.25, 0.3) is 11.1 Å². The molecule has 0 saturated heterocycles. The number of carbonyl (C=O) groups is 1. The predicted octanol–water partition coefficient (Wildman–Crippen LogP) is 3.91. The van der Waals surface area contributed by atoms with Crippen LogP contribution in [0.5, 0.6) is 0 Å². The van der Waals surface area contributed by atoms with Crippen molar-refractivity contribution in [2.45, 2.75) is 44.4 Å². The van der Waals surface area contributed by atoms with Gasteiger partial charge in [-0.15, -0.1) is 10.2 Å². The van der Waals surface area contributed by atoms with Gasteiger partial charge in [0.15, 0.2) is 0 Å². The fourth-order valence-electron chi connectivity index (χ4n) is 3.17. The maximum absolute atomic E-state index is 13.7. The van der Waals surface area contributed by atoms with E-state index in [0.717, 1.165) is 12.8 Å². The van der Waals surface area contributed by atoms with Gasteiger partial charge in [-0.25, -0.2) is 4.39 Å². The second-order valence-corrected chi connectivity index (χ2v) is 7.51. The molecule has 1 aliphatic rings.